The van der Waals surface area contributed by atoms with Crippen LogP contribution in [0.3, 0.4) is 0 Å². The van der Waals surface area contributed by atoms with Crippen LogP contribution in [0.15, 0.2) is 55.2 Å². The zero-order valence-electron chi connectivity index (χ0n) is 46.1. The molecule has 6 aromatic rings. The van der Waals surface area contributed by atoms with Gasteiger partial charge in [-0.25, -0.2) is 28.0 Å². The Bertz CT molecular complexity index is 3200. The number of hydrogen-bond donors (Lipinski definition) is 1. The van der Waals surface area contributed by atoms with Crippen LogP contribution in [0, 0.1) is 25.5 Å². The van der Waals surface area contributed by atoms with Gasteiger partial charge in [-0.2, -0.15) is 9.97 Å². The summed E-state index contributed by atoms with van der Waals surface area (Å²) < 4.78 is 44.6. The second-order valence-electron chi connectivity index (χ2n) is 22.0. The molecule has 2 aliphatic rings. The van der Waals surface area contributed by atoms with Crippen molar-refractivity contribution >= 4 is 101 Å². The molecular weight excluding hydrogens is 1180 g/mol. The summed E-state index contributed by atoms with van der Waals surface area (Å²) in [6.07, 6.45) is 3.17. The number of fused-ring (bicyclic) bond motifs is 2. The maximum atomic E-state index is 15.2. The number of pyridine rings is 2. The average molecular weight is 1250 g/mol. The molecule has 420 valence electrons. The lowest BCUT2D eigenvalue weighted by atomic mass is 10.0. The molecule has 0 aliphatic carbocycles. The lowest BCUT2D eigenvalue weighted by molar-refractivity contribution is 0.0192. The maximum absolute atomic E-state index is 15.2. The normalized spacial score (nSPS) is 16.3. The minimum Gasteiger partial charge on any atom is -0.444 e. The van der Waals surface area contributed by atoms with Crippen LogP contribution >= 0.6 is 55.1 Å². The number of carbonyl (C=O) groups excluding carboxylic acids is 2. The van der Waals surface area contributed by atoms with Gasteiger partial charge in [-0.3, -0.25) is 19.1 Å². The summed E-state index contributed by atoms with van der Waals surface area (Å²) in [5, 5.41) is 10.7. The highest BCUT2D eigenvalue weighted by Gasteiger charge is 2.37. The number of rotatable bonds is 8. The Morgan fingerprint density at radius 2 is 1.06 bits per heavy atom. The van der Waals surface area contributed by atoms with Crippen LogP contribution in [0.25, 0.3) is 33.2 Å². The zero-order valence-corrected chi connectivity index (χ0v) is 50.8. The number of piperazine rings is 2. The van der Waals surface area contributed by atoms with Gasteiger partial charge in [-0.15, -0.1) is 0 Å². The smallest absolute Gasteiger partial charge is 0.410 e. The topological polar surface area (TPSA) is 181 Å². The van der Waals surface area contributed by atoms with Crippen LogP contribution < -0.4 is 21.2 Å². The van der Waals surface area contributed by atoms with Gasteiger partial charge < -0.3 is 34.2 Å². The molecular formula is C55H66Br2Cl2F2N10O7. The molecule has 2 fully saturated rings. The third kappa shape index (κ3) is 12.3. The molecule has 6 heterocycles. The van der Waals surface area contributed by atoms with E-state index in [0.717, 1.165) is 16.8 Å². The van der Waals surface area contributed by atoms with Gasteiger partial charge in [-0.05, 0) is 141 Å². The molecule has 4 aromatic heterocycles. The highest BCUT2D eigenvalue weighted by Crippen LogP contribution is 2.41. The molecule has 2 aliphatic heterocycles. The summed E-state index contributed by atoms with van der Waals surface area (Å²) in [6.45, 7) is 26.0. The van der Waals surface area contributed by atoms with Crippen molar-refractivity contribution in [1.82, 2.24) is 38.9 Å². The SMILES string of the molecule is CC[C@@H]1CN(C(=O)OC(C)(C)C)CCN1c1nc(=O)n(-c2c(C)ccnc2C(C)C)c2cc(Cl)c(F)c(Br)c12.Cc1ccnc(C(C)C)c1-n1c(=O)nc(N2CCN(C(=O)OC(C)(C)C)C[C@H]2CO)c2c(Br)c(F)c(Cl)cc21. The average Bonchev–Trinajstić information content (AvgIpc) is 3.43. The number of benzene rings is 2. The van der Waals surface area contributed by atoms with Crippen molar-refractivity contribution < 1.29 is 33.0 Å². The van der Waals surface area contributed by atoms with Crippen molar-refractivity contribution in [2.75, 3.05) is 55.7 Å². The van der Waals surface area contributed by atoms with E-state index in [2.05, 4.69) is 51.8 Å². The van der Waals surface area contributed by atoms with E-state index >= 15 is 8.78 Å². The molecule has 78 heavy (non-hydrogen) atoms. The Morgan fingerprint density at radius 3 is 1.41 bits per heavy atom. The fourth-order valence-corrected chi connectivity index (χ4v) is 11.5. The molecule has 8 rings (SSSR count). The van der Waals surface area contributed by atoms with Crippen LogP contribution in [-0.2, 0) is 9.47 Å². The monoisotopic (exact) mass is 1240 g/mol. The summed E-state index contributed by atoms with van der Waals surface area (Å²) in [4.78, 5) is 77.9. The molecule has 2 saturated heterocycles. The zero-order chi connectivity index (χ0) is 57.6. The number of aliphatic hydroxyl groups is 1. The first kappa shape index (κ1) is 60.2. The largest absolute Gasteiger partial charge is 0.444 e. The first-order chi connectivity index (χ1) is 36.5. The summed E-state index contributed by atoms with van der Waals surface area (Å²) in [5.41, 5.74) is 2.56. The van der Waals surface area contributed by atoms with Crippen LogP contribution in [-0.4, -0.2) is 125 Å². The minimum atomic E-state index is -0.697. The molecule has 0 spiro atoms. The Balaban J connectivity index is 0.000000226. The standard InChI is InChI=1S/C28H34BrClFN5O3.C27H32BrClFN5O4/c1-8-17-14-34(27(38)39-28(5,6)7)11-12-35(17)25-20-19(13-18(30)22(31)21(20)29)36(26(37)33-25)24-16(4)9-10-32-23(24)15(2)3;1-14(2)22-23(15(3)7-8-31-22)35-18-11-17(29)21(30)20(28)19(18)24(32-25(35)37)34-10-9-33(12-16(34)13-36)26(38)39-27(4,5)6/h9-10,13,15,17H,8,11-12,14H2,1-7H3;7-8,11,14,16,36H,9-10,12-13H2,1-6H3/t17-;16-/m10/s1. The predicted molar refractivity (Wildman–Crippen MR) is 309 cm³/mol. The molecule has 0 radical (unpaired) electrons. The molecule has 23 heteroatoms. The number of carbonyl (C=O) groups is 2. The highest BCUT2D eigenvalue weighted by atomic mass is 79.9. The quantitative estimate of drug-likeness (QED) is 0.142. The number of amides is 2. The van der Waals surface area contributed by atoms with E-state index in [9.17, 15) is 24.3 Å². The maximum Gasteiger partial charge on any atom is 0.410 e. The van der Waals surface area contributed by atoms with Crippen molar-refractivity contribution in [3.8, 4) is 11.4 Å². The minimum absolute atomic E-state index is 0.0133. The number of aromatic nitrogens is 6. The Morgan fingerprint density at radius 1 is 0.692 bits per heavy atom. The second-order valence-corrected chi connectivity index (χ2v) is 24.4. The third-order valence-corrected chi connectivity index (χ3v) is 15.4. The van der Waals surface area contributed by atoms with E-state index in [4.69, 9.17) is 32.7 Å². The number of aliphatic hydroxyl groups excluding tert-OH is 1. The van der Waals surface area contributed by atoms with Crippen LogP contribution in [0.5, 0.6) is 0 Å². The Hall–Kier alpha value is -5.48. The van der Waals surface area contributed by atoms with Gasteiger partial charge >= 0.3 is 23.6 Å². The van der Waals surface area contributed by atoms with Crippen LogP contribution in [0.1, 0.15) is 117 Å². The van der Waals surface area contributed by atoms with Crippen molar-refractivity contribution in [2.24, 2.45) is 0 Å². The van der Waals surface area contributed by atoms with Gasteiger partial charge in [0.1, 0.15) is 22.8 Å². The molecule has 0 unspecified atom stereocenters. The second kappa shape index (κ2) is 23.7. The van der Waals surface area contributed by atoms with E-state index in [0.29, 0.717) is 70.7 Å². The molecule has 0 saturated carbocycles. The van der Waals surface area contributed by atoms with Crippen LogP contribution in [0.4, 0.5) is 30.0 Å². The summed E-state index contributed by atoms with van der Waals surface area (Å²) in [5.74, 6) is -0.796. The Labute approximate surface area is 479 Å². The highest BCUT2D eigenvalue weighted by molar-refractivity contribution is 9.11. The van der Waals surface area contributed by atoms with Gasteiger partial charge in [0.25, 0.3) is 0 Å². The van der Waals surface area contributed by atoms with Gasteiger partial charge in [0, 0.05) is 57.7 Å². The predicted octanol–water partition coefficient (Wildman–Crippen LogP) is 11.8. The van der Waals surface area contributed by atoms with E-state index in [1.54, 1.807) is 49.0 Å². The molecule has 0 bridgehead atoms. The van der Waals surface area contributed by atoms with Crippen molar-refractivity contribution in [1.29, 1.82) is 0 Å². The molecule has 1 N–H and O–H groups in total. The first-order valence-electron chi connectivity index (χ1n) is 25.7. The Kier molecular flexibility index (Phi) is 18.3. The van der Waals surface area contributed by atoms with Crippen molar-refractivity contribution in [2.45, 2.75) is 132 Å². The number of hydrogen-bond acceptors (Lipinski definition) is 13. The first-order valence-corrected chi connectivity index (χ1v) is 28.1. The van der Waals surface area contributed by atoms with Gasteiger partial charge in [0.05, 0.1) is 76.2 Å². The van der Waals surface area contributed by atoms with Gasteiger partial charge in [-0.1, -0.05) is 57.8 Å². The van der Waals surface area contributed by atoms with Crippen molar-refractivity contribution in [3.63, 3.8) is 0 Å². The lowest BCUT2D eigenvalue weighted by Crippen LogP contribution is -2.57. The van der Waals surface area contributed by atoms with E-state index in [1.165, 1.54) is 26.2 Å². The fourth-order valence-electron chi connectivity index (χ4n) is 9.72. The molecule has 2 atom stereocenters. The summed E-state index contributed by atoms with van der Waals surface area (Å²) in [7, 11) is 0. The van der Waals surface area contributed by atoms with Gasteiger partial charge in [0.15, 0.2) is 11.6 Å². The van der Waals surface area contributed by atoms with Crippen molar-refractivity contribution in [3.05, 3.63) is 111 Å². The molecule has 17 nitrogen and oxygen atoms in total. The van der Waals surface area contributed by atoms with E-state index < -0.39 is 46.4 Å². The fraction of sp³-hybridized carbons (Fsp3) is 0.491. The van der Waals surface area contributed by atoms with Gasteiger partial charge in [0.2, 0.25) is 0 Å². The molecule has 2 aromatic carbocycles. The van der Waals surface area contributed by atoms with E-state index in [1.807, 2.05) is 80.2 Å². The summed E-state index contributed by atoms with van der Waals surface area (Å²) in [6, 6.07) is 5.72. The number of ether oxygens (including phenoxy) is 2. The van der Waals surface area contributed by atoms with E-state index in [-0.39, 0.29) is 75.0 Å². The molecule has 2 amide bonds. The number of halogens is 6. The third-order valence-electron chi connectivity index (χ3n) is 13.3. The summed E-state index contributed by atoms with van der Waals surface area (Å²) >= 11 is 19.4. The lowest BCUT2D eigenvalue weighted by Gasteiger charge is -2.42. The number of anilines is 2. The number of nitrogens with zero attached hydrogens (tertiary/aromatic N) is 10. The number of aryl methyl sites for hydroxylation is 2. The van der Waals surface area contributed by atoms with Crippen LogP contribution in [0.2, 0.25) is 10.0 Å².